The van der Waals surface area contributed by atoms with Crippen LogP contribution < -0.4 is 10.1 Å². The van der Waals surface area contributed by atoms with Gasteiger partial charge in [-0.05, 0) is 35.4 Å². The van der Waals surface area contributed by atoms with Crippen LogP contribution in [0.5, 0.6) is 5.75 Å². The van der Waals surface area contributed by atoms with Gasteiger partial charge in [0.1, 0.15) is 5.75 Å². The van der Waals surface area contributed by atoms with Gasteiger partial charge in [0.2, 0.25) is 5.91 Å². The number of nitrogens with zero attached hydrogens (tertiary/aromatic N) is 1. The molecule has 1 aliphatic rings. The van der Waals surface area contributed by atoms with Crippen LogP contribution in [-0.4, -0.2) is 35.8 Å². The van der Waals surface area contributed by atoms with E-state index in [4.69, 9.17) is 0 Å². The minimum absolute atomic E-state index is 0.0116. The summed E-state index contributed by atoms with van der Waals surface area (Å²) < 4.78 is 29.3. The summed E-state index contributed by atoms with van der Waals surface area (Å²) in [6, 6.07) is 21.1. The fourth-order valence-electron chi connectivity index (χ4n) is 3.74. The monoisotopic (exact) mass is 450 g/mol. The first-order valence-corrected chi connectivity index (χ1v) is 10.3. The molecule has 0 radical (unpaired) electrons. The molecule has 0 aliphatic carbocycles. The Bertz CT molecular complexity index is 1130. The average molecular weight is 450 g/mol. The SMILES string of the molecule is O=C(CCN1C(=O)c2ccccc2C1=O)NC(c1ccccc1)c1ccc(OC(F)F)cc1. The number of amides is 3. The zero-order chi connectivity index (χ0) is 23.4. The van der Waals surface area contributed by atoms with E-state index in [0.717, 1.165) is 10.5 Å². The number of rotatable bonds is 8. The molecule has 3 amide bonds. The third kappa shape index (κ3) is 4.90. The molecule has 1 unspecified atom stereocenters. The van der Waals surface area contributed by atoms with E-state index in [2.05, 4.69) is 10.1 Å². The van der Waals surface area contributed by atoms with Crippen LogP contribution in [0.1, 0.15) is 44.3 Å². The molecule has 3 aromatic carbocycles. The number of ether oxygens (including phenoxy) is 1. The number of hydrogen-bond donors (Lipinski definition) is 1. The molecule has 1 aliphatic heterocycles. The average Bonchev–Trinajstić information content (AvgIpc) is 3.07. The van der Waals surface area contributed by atoms with Gasteiger partial charge in [-0.3, -0.25) is 19.3 Å². The standard InChI is InChI=1S/C25H20F2N2O4/c26-25(27)33-18-12-10-17(11-13-18)22(16-6-2-1-3-7-16)28-21(30)14-15-29-23(31)19-8-4-5-9-20(19)24(29)32/h1-13,22,25H,14-15H2,(H,28,30). The molecule has 1 heterocycles. The van der Waals surface area contributed by atoms with Gasteiger partial charge in [-0.2, -0.15) is 8.78 Å². The topological polar surface area (TPSA) is 75.7 Å². The van der Waals surface area contributed by atoms with Crippen molar-refractivity contribution in [1.82, 2.24) is 10.2 Å². The second kappa shape index (κ2) is 9.60. The van der Waals surface area contributed by atoms with Crippen LogP contribution in [-0.2, 0) is 4.79 Å². The van der Waals surface area contributed by atoms with Crippen molar-refractivity contribution in [2.45, 2.75) is 19.1 Å². The van der Waals surface area contributed by atoms with Gasteiger partial charge in [-0.1, -0.05) is 54.6 Å². The fourth-order valence-corrected chi connectivity index (χ4v) is 3.74. The molecule has 3 aromatic rings. The molecule has 0 bridgehead atoms. The first-order chi connectivity index (χ1) is 15.9. The Balaban J connectivity index is 1.46. The molecule has 0 spiro atoms. The highest BCUT2D eigenvalue weighted by Crippen LogP contribution is 2.26. The lowest BCUT2D eigenvalue weighted by molar-refractivity contribution is -0.121. The van der Waals surface area contributed by atoms with Crippen LogP contribution in [0.25, 0.3) is 0 Å². The van der Waals surface area contributed by atoms with Crippen molar-refractivity contribution < 1.29 is 27.9 Å². The van der Waals surface area contributed by atoms with Gasteiger partial charge in [0.15, 0.2) is 0 Å². The second-order valence-corrected chi connectivity index (χ2v) is 7.42. The molecule has 168 valence electrons. The van der Waals surface area contributed by atoms with Gasteiger partial charge in [-0.25, -0.2) is 0 Å². The van der Waals surface area contributed by atoms with E-state index >= 15 is 0 Å². The van der Waals surface area contributed by atoms with Crippen LogP contribution in [0.2, 0.25) is 0 Å². The Labute approximate surface area is 188 Å². The van der Waals surface area contributed by atoms with E-state index in [1.54, 1.807) is 36.4 Å². The van der Waals surface area contributed by atoms with Crippen molar-refractivity contribution >= 4 is 17.7 Å². The van der Waals surface area contributed by atoms with E-state index in [-0.39, 0.29) is 24.6 Å². The number of hydrogen-bond acceptors (Lipinski definition) is 4. The summed E-state index contributed by atoms with van der Waals surface area (Å²) in [5.74, 6) is -1.19. The first-order valence-electron chi connectivity index (χ1n) is 10.3. The summed E-state index contributed by atoms with van der Waals surface area (Å²) >= 11 is 0. The molecule has 1 N–H and O–H groups in total. The Kier molecular flexibility index (Phi) is 6.44. The molecule has 33 heavy (non-hydrogen) atoms. The maximum Gasteiger partial charge on any atom is 0.387 e. The number of benzene rings is 3. The number of carbonyl (C=O) groups is 3. The van der Waals surface area contributed by atoms with Gasteiger partial charge in [0.25, 0.3) is 11.8 Å². The minimum Gasteiger partial charge on any atom is -0.435 e. The molecular formula is C25H20F2N2O4. The first kappa shape index (κ1) is 22.1. The number of alkyl halides is 2. The van der Waals surface area contributed by atoms with Gasteiger partial charge in [-0.15, -0.1) is 0 Å². The molecule has 8 heteroatoms. The highest BCUT2D eigenvalue weighted by atomic mass is 19.3. The predicted molar refractivity (Wildman–Crippen MR) is 116 cm³/mol. The summed E-state index contributed by atoms with van der Waals surface area (Å²) in [6.45, 7) is -2.98. The van der Waals surface area contributed by atoms with E-state index in [0.29, 0.717) is 16.7 Å². The van der Waals surface area contributed by atoms with Gasteiger partial charge in [0, 0.05) is 13.0 Å². The third-order valence-corrected chi connectivity index (χ3v) is 5.32. The van der Waals surface area contributed by atoms with Crippen LogP contribution in [0.4, 0.5) is 8.78 Å². The Morgan fingerprint density at radius 3 is 1.94 bits per heavy atom. The quantitative estimate of drug-likeness (QED) is 0.523. The van der Waals surface area contributed by atoms with Crippen molar-refractivity contribution in [3.05, 3.63) is 101 Å². The summed E-state index contributed by atoms with van der Waals surface area (Å²) in [5, 5.41) is 2.91. The van der Waals surface area contributed by atoms with Crippen molar-refractivity contribution in [2.75, 3.05) is 6.54 Å². The van der Waals surface area contributed by atoms with Crippen LogP contribution in [0.3, 0.4) is 0 Å². The Morgan fingerprint density at radius 1 is 0.818 bits per heavy atom. The summed E-state index contributed by atoms with van der Waals surface area (Å²) in [5.41, 5.74) is 2.11. The molecule has 0 aromatic heterocycles. The van der Waals surface area contributed by atoms with E-state index in [1.807, 2.05) is 30.3 Å². The minimum atomic E-state index is -2.93. The van der Waals surface area contributed by atoms with Gasteiger partial charge >= 0.3 is 6.61 Å². The van der Waals surface area contributed by atoms with Crippen molar-refractivity contribution in [3.63, 3.8) is 0 Å². The van der Waals surface area contributed by atoms with Crippen LogP contribution in [0, 0.1) is 0 Å². The highest BCUT2D eigenvalue weighted by Gasteiger charge is 2.35. The molecule has 0 fully saturated rings. The van der Waals surface area contributed by atoms with E-state index in [1.165, 1.54) is 12.1 Å². The highest BCUT2D eigenvalue weighted by molar-refractivity contribution is 6.21. The molecular weight excluding hydrogens is 430 g/mol. The third-order valence-electron chi connectivity index (χ3n) is 5.32. The molecule has 0 saturated carbocycles. The zero-order valence-electron chi connectivity index (χ0n) is 17.4. The number of nitrogens with one attached hydrogen (secondary N) is 1. The van der Waals surface area contributed by atoms with Crippen LogP contribution >= 0.6 is 0 Å². The van der Waals surface area contributed by atoms with E-state index < -0.39 is 24.5 Å². The maximum absolute atomic E-state index is 12.8. The predicted octanol–water partition coefficient (Wildman–Crippen LogP) is 4.18. The number of fused-ring (bicyclic) bond motifs is 1. The van der Waals surface area contributed by atoms with Crippen molar-refractivity contribution in [1.29, 1.82) is 0 Å². The summed E-state index contributed by atoms with van der Waals surface area (Å²) in [7, 11) is 0. The van der Waals surface area contributed by atoms with Crippen LogP contribution in [0.15, 0.2) is 78.9 Å². The number of imide groups is 1. The lowest BCUT2D eigenvalue weighted by Crippen LogP contribution is -2.36. The summed E-state index contributed by atoms with van der Waals surface area (Å²) in [6.07, 6.45) is -0.0820. The van der Waals surface area contributed by atoms with Gasteiger partial charge < -0.3 is 10.1 Å². The lowest BCUT2D eigenvalue weighted by atomic mass is 9.98. The van der Waals surface area contributed by atoms with E-state index in [9.17, 15) is 23.2 Å². The second-order valence-electron chi connectivity index (χ2n) is 7.42. The van der Waals surface area contributed by atoms with Gasteiger partial charge in [0.05, 0.1) is 17.2 Å². The fraction of sp³-hybridized carbons (Fsp3) is 0.160. The molecule has 1 atom stereocenters. The molecule has 0 saturated heterocycles. The Morgan fingerprint density at radius 2 is 1.36 bits per heavy atom. The van der Waals surface area contributed by atoms with Crippen molar-refractivity contribution in [2.24, 2.45) is 0 Å². The lowest BCUT2D eigenvalue weighted by Gasteiger charge is -2.21. The number of halogens is 2. The normalized spacial score (nSPS) is 13.7. The smallest absolute Gasteiger partial charge is 0.387 e. The largest absolute Gasteiger partial charge is 0.435 e. The molecule has 4 rings (SSSR count). The maximum atomic E-state index is 12.8. The Hall–Kier alpha value is -4.07. The van der Waals surface area contributed by atoms with Crippen molar-refractivity contribution in [3.8, 4) is 5.75 Å². The zero-order valence-corrected chi connectivity index (χ0v) is 17.4. The number of carbonyl (C=O) groups excluding carboxylic acids is 3. The summed E-state index contributed by atoms with van der Waals surface area (Å²) in [4.78, 5) is 38.8. The molecule has 6 nitrogen and oxygen atoms in total.